The summed E-state index contributed by atoms with van der Waals surface area (Å²) in [5.41, 5.74) is 0.0682. The molecule has 0 amide bonds. The molecule has 18 heavy (non-hydrogen) atoms. The number of carbonyl (C=O) groups is 1. The van der Waals surface area contributed by atoms with E-state index in [1.807, 2.05) is 6.92 Å². The summed E-state index contributed by atoms with van der Waals surface area (Å²) in [6.45, 7) is 10.8. The zero-order valence-corrected chi connectivity index (χ0v) is 12.8. The molecular formula is C15H30O3. The van der Waals surface area contributed by atoms with Crippen LogP contribution in [0.2, 0.25) is 0 Å². The zero-order chi connectivity index (χ0) is 14.0. The maximum absolute atomic E-state index is 11.4. The van der Waals surface area contributed by atoms with Crippen LogP contribution < -0.4 is 0 Å². The van der Waals surface area contributed by atoms with Crippen LogP contribution in [-0.4, -0.2) is 18.9 Å². The zero-order valence-electron chi connectivity index (χ0n) is 12.8. The maximum Gasteiger partial charge on any atom is 0.508 e. The minimum atomic E-state index is -0.538. The van der Waals surface area contributed by atoms with Crippen LogP contribution in [0, 0.1) is 5.41 Å². The van der Waals surface area contributed by atoms with Gasteiger partial charge in [0, 0.05) is 5.41 Å². The van der Waals surface area contributed by atoms with E-state index in [1.54, 1.807) is 6.92 Å². The monoisotopic (exact) mass is 258 g/mol. The van der Waals surface area contributed by atoms with E-state index < -0.39 is 6.16 Å². The van der Waals surface area contributed by atoms with Crippen molar-refractivity contribution >= 4 is 6.16 Å². The lowest BCUT2D eigenvalue weighted by Crippen LogP contribution is -2.34. The number of hydrogen-bond acceptors (Lipinski definition) is 3. The highest BCUT2D eigenvalue weighted by molar-refractivity contribution is 5.60. The maximum atomic E-state index is 11.4. The van der Waals surface area contributed by atoms with Gasteiger partial charge in [0.2, 0.25) is 0 Å². The van der Waals surface area contributed by atoms with Crippen LogP contribution in [0.1, 0.15) is 73.1 Å². The Morgan fingerprint density at radius 3 is 2.00 bits per heavy atom. The average molecular weight is 258 g/mol. The van der Waals surface area contributed by atoms with Gasteiger partial charge in [0.1, 0.15) is 6.10 Å². The first-order valence-electron chi connectivity index (χ1n) is 7.33. The number of unbranched alkanes of at least 4 members (excludes halogenated alkanes) is 2. The van der Waals surface area contributed by atoms with Gasteiger partial charge in [-0.25, -0.2) is 4.79 Å². The minimum Gasteiger partial charge on any atom is -0.435 e. The third-order valence-electron chi connectivity index (χ3n) is 3.72. The van der Waals surface area contributed by atoms with Crippen molar-refractivity contribution in [1.82, 2.24) is 0 Å². The molecule has 0 spiro atoms. The third kappa shape index (κ3) is 6.27. The molecule has 0 bridgehead atoms. The van der Waals surface area contributed by atoms with Crippen molar-refractivity contribution in [1.29, 1.82) is 0 Å². The van der Waals surface area contributed by atoms with Crippen LogP contribution in [0.5, 0.6) is 0 Å². The van der Waals surface area contributed by atoms with Gasteiger partial charge in [-0.3, -0.25) is 0 Å². The molecule has 0 aliphatic rings. The Morgan fingerprint density at radius 1 is 1.11 bits per heavy atom. The van der Waals surface area contributed by atoms with Crippen molar-refractivity contribution < 1.29 is 14.3 Å². The molecule has 3 nitrogen and oxygen atoms in total. The third-order valence-corrected chi connectivity index (χ3v) is 3.72. The molecular weight excluding hydrogens is 228 g/mol. The summed E-state index contributed by atoms with van der Waals surface area (Å²) in [6.07, 6.45) is 6.28. The fourth-order valence-corrected chi connectivity index (χ4v) is 2.13. The first kappa shape index (κ1) is 17.3. The molecule has 1 unspecified atom stereocenters. The van der Waals surface area contributed by atoms with Crippen LogP contribution in [0.25, 0.3) is 0 Å². The Hall–Kier alpha value is -0.730. The second-order valence-corrected chi connectivity index (χ2v) is 5.30. The van der Waals surface area contributed by atoms with Gasteiger partial charge in [-0.05, 0) is 26.7 Å². The normalized spacial score (nSPS) is 13.2. The molecule has 0 radical (unpaired) electrons. The van der Waals surface area contributed by atoms with E-state index in [0.717, 1.165) is 12.8 Å². The van der Waals surface area contributed by atoms with Gasteiger partial charge >= 0.3 is 6.16 Å². The highest BCUT2D eigenvalue weighted by atomic mass is 16.7. The summed E-state index contributed by atoms with van der Waals surface area (Å²) in [5.74, 6) is 0. The molecule has 0 aliphatic heterocycles. The molecule has 0 aliphatic carbocycles. The van der Waals surface area contributed by atoms with Crippen LogP contribution in [0.4, 0.5) is 4.79 Å². The first-order valence-corrected chi connectivity index (χ1v) is 7.33. The molecule has 0 aromatic rings. The van der Waals surface area contributed by atoms with Crippen LogP contribution in [0.3, 0.4) is 0 Å². The van der Waals surface area contributed by atoms with Crippen LogP contribution in [-0.2, 0) is 9.47 Å². The van der Waals surface area contributed by atoms with Gasteiger partial charge in [-0.1, -0.05) is 46.5 Å². The highest BCUT2D eigenvalue weighted by Gasteiger charge is 2.33. The van der Waals surface area contributed by atoms with Gasteiger partial charge in [-0.2, -0.15) is 0 Å². The van der Waals surface area contributed by atoms with Gasteiger partial charge < -0.3 is 9.47 Å². The number of carbonyl (C=O) groups excluding carboxylic acids is 1. The number of rotatable bonds is 9. The lowest BCUT2D eigenvalue weighted by Gasteiger charge is -2.35. The summed E-state index contributed by atoms with van der Waals surface area (Å²) in [5, 5.41) is 0. The average Bonchev–Trinajstić information content (AvgIpc) is 2.34. The molecule has 0 saturated carbocycles. The molecule has 3 heteroatoms. The van der Waals surface area contributed by atoms with E-state index in [1.165, 1.54) is 25.7 Å². The summed E-state index contributed by atoms with van der Waals surface area (Å²) in [6, 6.07) is 0. The molecule has 1 atom stereocenters. The summed E-state index contributed by atoms with van der Waals surface area (Å²) >= 11 is 0. The van der Waals surface area contributed by atoms with Crippen molar-refractivity contribution in [2.24, 2.45) is 5.41 Å². The van der Waals surface area contributed by atoms with E-state index in [4.69, 9.17) is 9.47 Å². The quantitative estimate of drug-likeness (QED) is 0.550. The topological polar surface area (TPSA) is 35.5 Å². The van der Waals surface area contributed by atoms with Crippen molar-refractivity contribution in [3.8, 4) is 0 Å². The van der Waals surface area contributed by atoms with Crippen LogP contribution in [0.15, 0.2) is 0 Å². The molecule has 0 rings (SSSR count). The fraction of sp³-hybridized carbons (Fsp3) is 0.933. The molecule has 108 valence electrons. The summed E-state index contributed by atoms with van der Waals surface area (Å²) in [7, 11) is 0. The Morgan fingerprint density at radius 2 is 1.61 bits per heavy atom. The van der Waals surface area contributed by atoms with Crippen molar-refractivity contribution in [3.05, 3.63) is 0 Å². The van der Waals surface area contributed by atoms with E-state index >= 15 is 0 Å². The summed E-state index contributed by atoms with van der Waals surface area (Å²) < 4.78 is 10.2. The SMILES string of the molecule is CCCCC(C)(CCCC)C(C)OC(=O)OCC. The molecule has 0 heterocycles. The lowest BCUT2D eigenvalue weighted by atomic mass is 9.76. The standard InChI is InChI=1S/C15H30O3/c1-6-9-11-15(5,12-10-7-2)13(4)18-14(16)17-8-3/h13H,6-12H2,1-5H3. The molecule has 0 saturated heterocycles. The van der Waals surface area contributed by atoms with Crippen LogP contribution >= 0.6 is 0 Å². The predicted molar refractivity (Wildman–Crippen MR) is 74.7 cm³/mol. The fourth-order valence-electron chi connectivity index (χ4n) is 2.13. The number of hydrogen-bond donors (Lipinski definition) is 0. The second kappa shape index (κ2) is 9.23. The van der Waals surface area contributed by atoms with Gasteiger partial charge in [0.05, 0.1) is 6.61 Å². The van der Waals surface area contributed by atoms with E-state index in [-0.39, 0.29) is 11.5 Å². The van der Waals surface area contributed by atoms with Gasteiger partial charge in [0.15, 0.2) is 0 Å². The largest absolute Gasteiger partial charge is 0.508 e. The first-order chi connectivity index (χ1) is 8.50. The Kier molecular flexibility index (Phi) is 8.86. The molecule has 0 aromatic heterocycles. The van der Waals surface area contributed by atoms with Gasteiger partial charge in [0.25, 0.3) is 0 Å². The Balaban J connectivity index is 4.46. The Bertz CT molecular complexity index is 218. The van der Waals surface area contributed by atoms with E-state index in [9.17, 15) is 4.79 Å². The van der Waals surface area contributed by atoms with E-state index in [0.29, 0.717) is 6.61 Å². The molecule has 0 N–H and O–H groups in total. The van der Waals surface area contributed by atoms with E-state index in [2.05, 4.69) is 20.8 Å². The summed E-state index contributed by atoms with van der Waals surface area (Å²) in [4.78, 5) is 11.4. The lowest BCUT2D eigenvalue weighted by molar-refractivity contribution is -0.0256. The minimum absolute atomic E-state index is 0.0682. The molecule has 0 fully saturated rings. The number of ether oxygens (including phenoxy) is 2. The van der Waals surface area contributed by atoms with Gasteiger partial charge in [-0.15, -0.1) is 0 Å². The van der Waals surface area contributed by atoms with Crippen molar-refractivity contribution in [2.75, 3.05) is 6.61 Å². The molecule has 0 aromatic carbocycles. The highest BCUT2D eigenvalue weighted by Crippen LogP contribution is 2.36. The predicted octanol–water partition coefficient (Wildman–Crippen LogP) is 4.93. The Labute approximate surface area is 112 Å². The smallest absolute Gasteiger partial charge is 0.435 e. The van der Waals surface area contributed by atoms with Crippen molar-refractivity contribution in [3.63, 3.8) is 0 Å². The van der Waals surface area contributed by atoms with Crippen molar-refractivity contribution in [2.45, 2.75) is 79.2 Å². The second-order valence-electron chi connectivity index (χ2n) is 5.30.